The minimum Gasteiger partial charge on any atom is -0.465 e. The molecule has 0 bridgehead atoms. The molecule has 5 nitrogen and oxygen atoms in total. The summed E-state index contributed by atoms with van der Waals surface area (Å²) < 4.78 is 4.77. The number of nitrogens with one attached hydrogen (secondary N) is 1. The van der Waals surface area contributed by atoms with Crippen molar-refractivity contribution in [2.45, 2.75) is 13.8 Å². The number of carbonyl (C=O) groups excluding carboxylic acids is 2. The van der Waals surface area contributed by atoms with Gasteiger partial charge in [0.05, 0.1) is 12.7 Å². The molecular formula is C18H15ClN2O3S. The average Bonchev–Trinajstić information content (AvgIpc) is 2.87. The lowest BCUT2D eigenvalue weighted by molar-refractivity contribution is -0.112. The molecule has 1 aromatic heterocycles. The van der Waals surface area contributed by atoms with Crippen LogP contribution in [0.1, 0.15) is 26.4 Å². The van der Waals surface area contributed by atoms with Crippen molar-refractivity contribution >= 4 is 45.9 Å². The first-order valence-corrected chi connectivity index (χ1v) is 8.43. The highest BCUT2D eigenvalue weighted by molar-refractivity contribution is 7.16. The van der Waals surface area contributed by atoms with Crippen LogP contribution < -0.4 is 5.32 Å². The maximum absolute atomic E-state index is 12.4. The van der Waals surface area contributed by atoms with E-state index in [0.29, 0.717) is 21.2 Å². The molecule has 0 atom stereocenters. The summed E-state index contributed by atoms with van der Waals surface area (Å²) in [7, 11) is 1.28. The molecule has 25 heavy (non-hydrogen) atoms. The second kappa shape index (κ2) is 7.97. The second-order valence-electron chi connectivity index (χ2n) is 5.15. The van der Waals surface area contributed by atoms with Crippen LogP contribution in [-0.2, 0) is 9.53 Å². The van der Waals surface area contributed by atoms with E-state index in [9.17, 15) is 14.9 Å². The molecule has 1 heterocycles. The molecule has 0 fully saturated rings. The zero-order valence-corrected chi connectivity index (χ0v) is 15.4. The van der Waals surface area contributed by atoms with Gasteiger partial charge in [0.15, 0.2) is 0 Å². The standard InChI is InChI=1S/C18H15ClN2O3S/c1-10-11(2)25-17(15(10)18(23)24-3)21-16(22)13(9-20)8-12-4-6-14(19)7-5-12/h4-8H,1-3H3,(H,21,22). The van der Waals surface area contributed by atoms with Crippen molar-refractivity contribution in [3.63, 3.8) is 0 Å². The summed E-state index contributed by atoms with van der Waals surface area (Å²) in [5, 5.41) is 12.8. The van der Waals surface area contributed by atoms with Gasteiger partial charge in [-0.05, 0) is 43.2 Å². The fourth-order valence-electron chi connectivity index (χ4n) is 2.11. The van der Waals surface area contributed by atoms with Gasteiger partial charge in [-0.3, -0.25) is 4.79 Å². The largest absolute Gasteiger partial charge is 0.465 e. The third kappa shape index (κ3) is 4.27. The molecule has 128 valence electrons. The molecule has 1 aromatic carbocycles. The molecule has 7 heteroatoms. The fourth-order valence-corrected chi connectivity index (χ4v) is 3.28. The normalized spacial score (nSPS) is 10.9. The predicted octanol–water partition coefficient (Wildman–Crippen LogP) is 4.35. The highest BCUT2D eigenvalue weighted by atomic mass is 35.5. The highest BCUT2D eigenvalue weighted by Crippen LogP contribution is 2.33. The van der Waals surface area contributed by atoms with Gasteiger partial charge in [-0.1, -0.05) is 23.7 Å². The van der Waals surface area contributed by atoms with Crippen molar-refractivity contribution in [1.82, 2.24) is 0 Å². The molecule has 2 aromatic rings. The Morgan fingerprint density at radius 1 is 1.28 bits per heavy atom. The molecule has 0 saturated heterocycles. The minimum absolute atomic E-state index is 0.0816. The lowest BCUT2D eigenvalue weighted by Crippen LogP contribution is -2.15. The monoisotopic (exact) mass is 374 g/mol. The quantitative estimate of drug-likeness (QED) is 0.490. The topological polar surface area (TPSA) is 79.2 Å². The number of esters is 1. The van der Waals surface area contributed by atoms with Crippen LogP contribution in [-0.4, -0.2) is 19.0 Å². The van der Waals surface area contributed by atoms with E-state index in [-0.39, 0.29) is 5.57 Å². The van der Waals surface area contributed by atoms with Gasteiger partial charge < -0.3 is 10.1 Å². The van der Waals surface area contributed by atoms with Gasteiger partial charge in [-0.25, -0.2) is 4.79 Å². The Morgan fingerprint density at radius 2 is 1.92 bits per heavy atom. The number of halogens is 1. The molecule has 0 aliphatic rings. The Balaban J connectivity index is 2.32. The molecule has 2 rings (SSSR count). The summed E-state index contributed by atoms with van der Waals surface area (Å²) in [6, 6.07) is 8.61. The number of methoxy groups -OCH3 is 1. The second-order valence-corrected chi connectivity index (χ2v) is 6.82. The van der Waals surface area contributed by atoms with Crippen LogP contribution in [0.15, 0.2) is 29.8 Å². The number of hydrogen-bond donors (Lipinski definition) is 1. The highest BCUT2D eigenvalue weighted by Gasteiger charge is 2.22. The summed E-state index contributed by atoms with van der Waals surface area (Å²) in [5.74, 6) is -1.12. The smallest absolute Gasteiger partial charge is 0.341 e. The summed E-state index contributed by atoms with van der Waals surface area (Å²) in [6.07, 6.45) is 1.46. The molecule has 0 radical (unpaired) electrons. The molecule has 1 N–H and O–H groups in total. The number of aryl methyl sites for hydroxylation is 1. The van der Waals surface area contributed by atoms with E-state index in [0.717, 1.165) is 10.4 Å². The third-order valence-electron chi connectivity index (χ3n) is 3.55. The Morgan fingerprint density at radius 3 is 2.48 bits per heavy atom. The molecule has 0 aliphatic heterocycles. The molecule has 0 spiro atoms. The number of amides is 1. The van der Waals surface area contributed by atoms with Crippen LogP contribution in [0.4, 0.5) is 5.00 Å². The lowest BCUT2D eigenvalue weighted by atomic mass is 10.1. The van der Waals surface area contributed by atoms with Crippen LogP contribution in [0.5, 0.6) is 0 Å². The van der Waals surface area contributed by atoms with Crippen LogP contribution in [0.25, 0.3) is 6.08 Å². The number of thiophene rings is 1. The van der Waals surface area contributed by atoms with Gasteiger partial charge >= 0.3 is 5.97 Å². The van der Waals surface area contributed by atoms with E-state index in [1.807, 2.05) is 13.0 Å². The van der Waals surface area contributed by atoms with E-state index >= 15 is 0 Å². The maximum atomic E-state index is 12.4. The first-order valence-electron chi connectivity index (χ1n) is 7.24. The Bertz CT molecular complexity index is 892. The number of benzene rings is 1. The van der Waals surface area contributed by atoms with Crippen LogP contribution in [0.3, 0.4) is 0 Å². The number of nitriles is 1. The van der Waals surface area contributed by atoms with Crippen molar-refractivity contribution in [3.8, 4) is 6.07 Å². The zero-order valence-electron chi connectivity index (χ0n) is 13.8. The van der Waals surface area contributed by atoms with Gasteiger partial charge in [0, 0.05) is 9.90 Å². The zero-order chi connectivity index (χ0) is 18.6. The van der Waals surface area contributed by atoms with Gasteiger partial charge in [-0.2, -0.15) is 5.26 Å². The Kier molecular flexibility index (Phi) is 5.97. The van der Waals surface area contributed by atoms with Crippen molar-refractivity contribution in [3.05, 3.63) is 56.4 Å². The molecule has 0 aliphatic carbocycles. The molecular weight excluding hydrogens is 360 g/mol. The van der Waals surface area contributed by atoms with Crippen molar-refractivity contribution < 1.29 is 14.3 Å². The van der Waals surface area contributed by atoms with Crippen LogP contribution >= 0.6 is 22.9 Å². The van der Waals surface area contributed by atoms with Gasteiger partial charge in [-0.15, -0.1) is 11.3 Å². The van der Waals surface area contributed by atoms with Crippen molar-refractivity contribution in [2.75, 3.05) is 12.4 Å². The number of nitrogens with zero attached hydrogens (tertiary/aromatic N) is 1. The predicted molar refractivity (Wildman–Crippen MR) is 98.8 cm³/mol. The molecule has 0 saturated carbocycles. The fraction of sp³-hybridized carbons (Fsp3) is 0.167. The van der Waals surface area contributed by atoms with Gasteiger partial charge in [0.25, 0.3) is 5.91 Å². The maximum Gasteiger partial charge on any atom is 0.341 e. The van der Waals surface area contributed by atoms with E-state index in [2.05, 4.69) is 5.32 Å². The Labute approximate surface area is 154 Å². The SMILES string of the molecule is COC(=O)c1c(NC(=O)C(C#N)=Cc2ccc(Cl)cc2)sc(C)c1C. The van der Waals surface area contributed by atoms with Crippen LogP contribution in [0, 0.1) is 25.2 Å². The van der Waals surface area contributed by atoms with E-state index in [1.54, 1.807) is 31.2 Å². The van der Waals surface area contributed by atoms with E-state index in [1.165, 1.54) is 24.5 Å². The lowest BCUT2D eigenvalue weighted by Gasteiger charge is -2.05. The van der Waals surface area contributed by atoms with Gasteiger partial charge in [0.1, 0.15) is 16.6 Å². The third-order valence-corrected chi connectivity index (χ3v) is 4.92. The summed E-state index contributed by atoms with van der Waals surface area (Å²) in [5.41, 5.74) is 1.64. The summed E-state index contributed by atoms with van der Waals surface area (Å²) >= 11 is 7.08. The van der Waals surface area contributed by atoms with E-state index < -0.39 is 11.9 Å². The molecule has 1 amide bonds. The number of anilines is 1. The summed E-state index contributed by atoms with van der Waals surface area (Å²) in [6.45, 7) is 3.62. The first-order chi connectivity index (χ1) is 11.9. The number of ether oxygens (including phenoxy) is 1. The van der Waals surface area contributed by atoms with Crippen molar-refractivity contribution in [2.24, 2.45) is 0 Å². The van der Waals surface area contributed by atoms with E-state index in [4.69, 9.17) is 16.3 Å². The van der Waals surface area contributed by atoms with Crippen LogP contribution in [0.2, 0.25) is 5.02 Å². The van der Waals surface area contributed by atoms with Gasteiger partial charge in [0.2, 0.25) is 0 Å². The molecule has 0 unspecified atom stereocenters. The number of carbonyl (C=O) groups is 2. The van der Waals surface area contributed by atoms with Crippen molar-refractivity contribution in [1.29, 1.82) is 5.26 Å². The Hall–Kier alpha value is -2.62. The summed E-state index contributed by atoms with van der Waals surface area (Å²) in [4.78, 5) is 25.3. The number of hydrogen-bond acceptors (Lipinski definition) is 5. The minimum atomic E-state index is -0.594. The average molecular weight is 375 g/mol. The first kappa shape index (κ1) is 18.7. The number of rotatable bonds is 4.